The molecule has 0 spiro atoms. The fraction of sp³-hybridized carbons (Fsp3) is 0.222. The number of ketones is 1. The Balaban J connectivity index is 3.06. The van der Waals surface area contributed by atoms with Gasteiger partial charge < -0.3 is 5.32 Å². The normalized spacial score (nSPS) is 10.3. The number of hydrogen-bond acceptors (Lipinski definition) is 2. The molecule has 0 unspecified atom stereocenters. The van der Waals surface area contributed by atoms with Crippen LogP contribution in [0.15, 0.2) is 12.1 Å². The van der Waals surface area contributed by atoms with Crippen LogP contribution in [0.1, 0.15) is 10.4 Å². The van der Waals surface area contributed by atoms with E-state index in [1.54, 1.807) is 7.05 Å². The average molecular weight is 220 g/mol. The molecule has 0 heterocycles. The fourth-order valence-electron chi connectivity index (χ4n) is 0.979. The molecule has 0 saturated heterocycles. The van der Waals surface area contributed by atoms with Crippen molar-refractivity contribution in [2.75, 3.05) is 13.6 Å². The molecule has 2 nitrogen and oxygen atoms in total. The van der Waals surface area contributed by atoms with Gasteiger partial charge >= 0.3 is 0 Å². The van der Waals surface area contributed by atoms with Crippen LogP contribution in [0, 0.1) is 11.6 Å². The first-order chi connectivity index (χ1) is 6.56. The quantitative estimate of drug-likeness (QED) is 0.623. The summed E-state index contributed by atoms with van der Waals surface area (Å²) in [6.07, 6.45) is 0. The van der Waals surface area contributed by atoms with E-state index in [9.17, 15) is 13.6 Å². The van der Waals surface area contributed by atoms with Gasteiger partial charge in [0, 0.05) is 5.56 Å². The molecule has 1 rings (SSSR count). The Morgan fingerprint density at radius 1 is 1.50 bits per heavy atom. The Labute approximate surface area is 84.9 Å². The van der Waals surface area contributed by atoms with Crippen molar-refractivity contribution in [3.8, 4) is 0 Å². The predicted octanol–water partition coefficient (Wildman–Crippen LogP) is 2.02. The summed E-state index contributed by atoms with van der Waals surface area (Å²) in [7, 11) is 1.58. The molecule has 0 aliphatic heterocycles. The number of halogens is 3. The number of carbonyl (C=O) groups is 1. The van der Waals surface area contributed by atoms with Crippen LogP contribution in [0.5, 0.6) is 0 Å². The molecule has 0 atom stereocenters. The third-order valence-electron chi connectivity index (χ3n) is 1.64. The number of rotatable bonds is 3. The van der Waals surface area contributed by atoms with Crippen molar-refractivity contribution >= 4 is 17.4 Å². The van der Waals surface area contributed by atoms with E-state index in [2.05, 4.69) is 5.32 Å². The van der Waals surface area contributed by atoms with E-state index in [-0.39, 0.29) is 22.9 Å². The largest absolute Gasteiger partial charge is 0.313 e. The van der Waals surface area contributed by atoms with Crippen molar-refractivity contribution in [3.05, 3.63) is 34.4 Å². The first-order valence-electron chi connectivity index (χ1n) is 3.88. The Morgan fingerprint density at radius 3 is 2.64 bits per heavy atom. The fourth-order valence-corrected chi connectivity index (χ4v) is 1.19. The van der Waals surface area contributed by atoms with Crippen LogP contribution in [-0.2, 0) is 0 Å². The molecule has 0 saturated carbocycles. The van der Waals surface area contributed by atoms with Crippen molar-refractivity contribution in [2.45, 2.75) is 0 Å². The predicted molar refractivity (Wildman–Crippen MR) is 49.6 cm³/mol. The maximum atomic E-state index is 12.8. The Hall–Kier alpha value is -1.00. The van der Waals surface area contributed by atoms with Gasteiger partial charge in [0.25, 0.3) is 0 Å². The summed E-state index contributed by atoms with van der Waals surface area (Å²) in [5.41, 5.74) is 0.0586. The molecule has 1 aromatic rings. The topological polar surface area (TPSA) is 29.1 Å². The molecule has 0 aromatic heterocycles. The molecule has 0 fully saturated rings. The SMILES string of the molecule is CNCC(=O)c1cc(F)c(F)c(Cl)c1. The molecule has 0 radical (unpaired) electrons. The highest BCUT2D eigenvalue weighted by Gasteiger charge is 2.12. The van der Waals surface area contributed by atoms with E-state index in [0.717, 1.165) is 12.1 Å². The van der Waals surface area contributed by atoms with Crippen LogP contribution < -0.4 is 5.32 Å². The summed E-state index contributed by atoms with van der Waals surface area (Å²) in [5, 5.41) is 2.23. The van der Waals surface area contributed by atoms with E-state index in [1.165, 1.54) is 0 Å². The molecule has 0 aliphatic carbocycles. The van der Waals surface area contributed by atoms with Gasteiger partial charge in [0.1, 0.15) is 0 Å². The molecular formula is C9H8ClF2NO. The molecule has 5 heteroatoms. The second-order valence-corrected chi connectivity index (χ2v) is 3.11. The van der Waals surface area contributed by atoms with Crippen LogP contribution in [0.25, 0.3) is 0 Å². The molecular weight excluding hydrogens is 212 g/mol. The summed E-state index contributed by atoms with van der Waals surface area (Å²) in [6, 6.07) is 1.94. The highest BCUT2D eigenvalue weighted by Crippen LogP contribution is 2.19. The third-order valence-corrected chi connectivity index (χ3v) is 1.92. The number of carbonyl (C=O) groups excluding carboxylic acids is 1. The van der Waals surface area contributed by atoms with Gasteiger partial charge in [-0.2, -0.15) is 0 Å². The van der Waals surface area contributed by atoms with Crippen LogP contribution in [-0.4, -0.2) is 19.4 Å². The highest BCUT2D eigenvalue weighted by molar-refractivity contribution is 6.31. The first kappa shape index (κ1) is 11.1. The summed E-state index contributed by atoms with van der Waals surface area (Å²) in [5.74, 6) is -2.59. The Bertz CT molecular complexity index is 345. The molecule has 0 aliphatic rings. The van der Waals surface area contributed by atoms with Crippen LogP contribution in [0.4, 0.5) is 8.78 Å². The third kappa shape index (κ3) is 2.27. The number of nitrogens with one attached hydrogen (secondary N) is 1. The summed E-state index contributed by atoms with van der Waals surface area (Å²) in [6.45, 7) is 0.0569. The summed E-state index contributed by atoms with van der Waals surface area (Å²) in [4.78, 5) is 11.3. The van der Waals surface area contributed by atoms with Crippen molar-refractivity contribution in [2.24, 2.45) is 0 Å². The van der Waals surface area contributed by atoms with Crippen molar-refractivity contribution < 1.29 is 13.6 Å². The lowest BCUT2D eigenvalue weighted by Crippen LogP contribution is -2.18. The lowest BCUT2D eigenvalue weighted by molar-refractivity contribution is 0.0993. The summed E-state index contributed by atoms with van der Waals surface area (Å²) < 4.78 is 25.5. The minimum atomic E-state index is -1.13. The maximum Gasteiger partial charge on any atom is 0.177 e. The van der Waals surface area contributed by atoms with Gasteiger partial charge in [-0.05, 0) is 19.2 Å². The zero-order valence-electron chi connectivity index (χ0n) is 7.40. The Morgan fingerprint density at radius 2 is 2.14 bits per heavy atom. The van der Waals surface area contributed by atoms with Gasteiger partial charge in [-0.15, -0.1) is 0 Å². The number of hydrogen-bond donors (Lipinski definition) is 1. The average Bonchev–Trinajstić information content (AvgIpc) is 2.13. The molecule has 1 aromatic carbocycles. The number of likely N-dealkylation sites (N-methyl/N-ethyl adjacent to an activating group) is 1. The smallest absolute Gasteiger partial charge is 0.177 e. The monoisotopic (exact) mass is 219 g/mol. The van der Waals surface area contributed by atoms with Crippen molar-refractivity contribution in [3.63, 3.8) is 0 Å². The second kappa shape index (κ2) is 4.48. The molecule has 0 bridgehead atoms. The second-order valence-electron chi connectivity index (χ2n) is 2.71. The molecule has 1 N–H and O–H groups in total. The van der Waals surface area contributed by atoms with Crippen molar-refractivity contribution in [1.82, 2.24) is 5.32 Å². The van der Waals surface area contributed by atoms with E-state index in [4.69, 9.17) is 11.6 Å². The van der Waals surface area contributed by atoms with E-state index in [0.29, 0.717) is 0 Å². The van der Waals surface area contributed by atoms with E-state index < -0.39 is 11.6 Å². The minimum Gasteiger partial charge on any atom is -0.313 e. The number of Topliss-reactive ketones (excluding diaryl/α,β-unsaturated/α-hetero) is 1. The maximum absolute atomic E-state index is 12.8. The van der Waals surface area contributed by atoms with Crippen LogP contribution in [0.2, 0.25) is 5.02 Å². The first-order valence-corrected chi connectivity index (χ1v) is 4.26. The van der Waals surface area contributed by atoms with E-state index >= 15 is 0 Å². The Kier molecular flexibility index (Phi) is 3.55. The molecule has 76 valence electrons. The van der Waals surface area contributed by atoms with Gasteiger partial charge in [-0.1, -0.05) is 11.6 Å². The van der Waals surface area contributed by atoms with Crippen LogP contribution in [0.3, 0.4) is 0 Å². The van der Waals surface area contributed by atoms with E-state index in [1.807, 2.05) is 0 Å². The van der Waals surface area contributed by atoms with Gasteiger partial charge in [0.05, 0.1) is 11.6 Å². The van der Waals surface area contributed by atoms with Crippen molar-refractivity contribution in [1.29, 1.82) is 0 Å². The van der Waals surface area contributed by atoms with Gasteiger partial charge in [0.15, 0.2) is 17.4 Å². The van der Waals surface area contributed by atoms with Gasteiger partial charge in [0.2, 0.25) is 0 Å². The number of benzene rings is 1. The zero-order valence-corrected chi connectivity index (χ0v) is 8.16. The highest BCUT2D eigenvalue weighted by atomic mass is 35.5. The standard InChI is InChI=1S/C9H8ClF2NO/c1-13-4-8(14)5-2-6(10)9(12)7(11)3-5/h2-3,13H,4H2,1H3. The lowest BCUT2D eigenvalue weighted by atomic mass is 10.1. The zero-order chi connectivity index (χ0) is 10.7. The summed E-state index contributed by atoms with van der Waals surface area (Å²) >= 11 is 5.38. The lowest BCUT2D eigenvalue weighted by Gasteiger charge is -2.02. The van der Waals surface area contributed by atoms with Gasteiger partial charge in [-0.3, -0.25) is 4.79 Å². The molecule has 0 amide bonds. The minimum absolute atomic E-state index is 0.0569. The molecule has 14 heavy (non-hydrogen) atoms. The van der Waals surface area contributed by atoms with Gasteiger partial charge in [-0.25, -0.2) is 8.78 Å². The van der Waals surface area contributed by atoms with Crippen LogP contribution >= 0.6 is 11.6 Å².